The van der Waals surface area contributed by atoms with Gasteiger partial charge in [-0.05, 0) is 49.8 Å². The van der Waals surface area contributed by atoms with Crippen LogP contribution in [0.1, 0.15) is 18.4 Å². The SMILES string of the molecule is C=C(Nc1cc(N2CCCC2)cc(C(F)(F)F)c1)Oc1ccccc1. The van der Waals surface area contributed by atoms with Crippen LogP contribution >= 0.6 is 0 Å². The fraction of sp³-hybridized carbons (Fsp3) is 0.263. The van der Waals surface area contributed by atoms with Gasteiger partial charge in [-0.25, -0.2) is 0 Å². The van der Waals surface area contributed by atoms with Crippen molar-refractivity contribution in [2.45, 2.75) is 19.0 Å². The normalized spacial score (nSPS) is 14.4. The van der Waals surface area contributed by atoms with Gasteiger partial charge in [0.1, 0.15) is 5.75 Å². The van der Waals surface area contributed by atoms with Crippen molar-refractivity contribution in [1.82, 2.24) is 0 Å². The standard InChI is InChI=1S/C19H19F3N2O/c1-14(25-18-7-3-2-4-8-18)23-16-11-15(19(20,21)22)12-17(13-16)24-9-5-6-10-24/h2-4,7-8,11-13,23H,1,5-6,9-10H2. The molecule has 132 valence electrons. The molecule has 0 bridgehead atoms. The lowest BCUT2D eigenvalue weighted by atomic mass is 10.1. The third-order valence-electron chi connectivity index (χ3n) is 3.98. The van der Waals surface area contributed by atoms with Crippen molar-refractivity contribution in [3.05, 3.63) is 66.6 Å². The second kappa shape index (κ2) is 7.09. The molecule has 2 aromatic carbocycles. The van der Waals surface area contributed by atoms with Crippen LogP contribution in [0, 0.1) is 0 Å². The van der Waals surface area contributed by atoms with E-state index in [4.69, 9.17) is 4.74 Å². The van der Waals surface area contributed by atoms with Crippen molar-refractivity contribution in [3.63, 3.8) is 0 Å². The van der Waals surface area contributed by atoms with Gasteiger partial charge in [-0.1, -0.05) is 18.2 Å². The molecule has 1 N–H and O–H groups in total. The van der Waals surface area contributed by atoms with Crippen LogP contribution in [0.25, 0.3) is 0 Å². The third-order valence-corrected chi connectivity index (χ3v) is 3.98. The maximum atomic E-state index is 13.2. The lowest BCUT2D eigenvalue weighted by Crippen LogP contribution is -2.19. The summed E-state index contributed by atoms with van der Waals surface area (Å²) in [6.45, 7) is 5.27. The number of hydrogen-bond acceptors (Lipinski definition) is 3. The lowest BCUT2D eigenvalue weighted by molar-refractivity contribution is -0.137. The van der Waals surface area contributed by atoms with E-state index in [9.17, 15) is 13.2 Å². The molecule has 0 amide bonds. The molecule has 0 radical (unpaired) electrons. The average molecular weight is 348 g/mol. The summed E-state index contributed by atoms with van der Waals surface area (Å²) in [7, 11) is 0. The van der Waals surface area contributed by atoms with Crippen LogP contribution in [0.15, 0.2) is 61.0 Å². The molecule has 3 nitrogen and oxygen atoms in total. The number of alkyl halides is 3. The first-order valence-electron chi connectivity index (χ1n) is 8.08. The number of benzene rings is 2. The van der Waals surface area contributed by atoms with Gasteiger partial charge in [0.25, 0.3) is 0 Å². The highest BCUT2D eigenvalue weighted by molar-refractivity contribution is 5.62. The van der Waals surface area contributed by atoms with E-state index in [-0.39, 0.29) is 5.88 Å². The topological polar surface area (TPSA) is 24.5 Å². The minimum absolute atomic E-state index is 0.165. The highest BCUT2D eigenvalue weighted by atomic mass is 19.4. The zero-order chi connectivity index (χ0) is 17.9. The molecule has 1 saturated heterocycles. The minimum atomic E-state index is -4.41. The van der Waals surface area contributed by atoms with Crippen molar-refractivity contribution in [3.8, 4) is 5.75 Å². The fourth-order valence-electron chi connectivity index (χ4n) is 2.82. The molecule has 1 heterocycles. The Balaban J connectivity index is 1.81. The van der Waals surface area contributed by atoms with Gasteiger partial charge in [-0.3, -0.25) is 0 Å². The Labute approximate surface area is 144 Å². The monoisotopic (exact) mass is 348 g/mol. The summed E-state index contributed by atoms with van der Waals surface area (Å²) in [6, 6.07) is 12.9. The molecule has 0 aliphatic carbocycles. The molecule has 0 saturated carbocycles. The molecule has 0 unspecified atom stereocenters. The van der Waals surface area contributed by atoms with Crippen LogP contribution in [-0.4, -0.2) is 13.1 Å². The Morgan fingerprint density at radius 1 is 1.04 bits per heavy atom. The molecule has 1 aliphatic heterocycles. The Hall–Kier alpha value is -2.63. The second-order valence-corrected chi connectivity index (χ2v) is 5.92. The van der Waals surface area contributed by atoms with Crippen molar-refractivity contribution in [1.29, 1.82) is 0 Å². The van der Waals surface area contributed by atoms with Crippen LogP contribution in [-0.2, 0) is 6.18 Å². The van der Waals surface area contributed by atoms with Gasteiger partial charge in [0.2, 0.25) is 0 Å². The number of halogens is 3. The summed E-state index contributed by atoms with van der Waals surface area (Å²) in [5, 5.41) is 2.82. The molecular formula is C19H19F3N2O. The molecule has 1 aliphatic rings. The van der Waals surface area contributed by atoms with E-state index < -0.39 is 11.7 Å². The van der Waals surface area contributed by atoms with E-state index in [1.807, 2.05) is 11.0 Å². The Kier molecular flexibility index (Phi) is 4.88. The smallest absolute Gasteiger partial charge is 0.416 e. The molecule has 3 rings (SSSR count). The molecule has 25 heavy (non-hydrogen) atoms. The first-order chi connectivity index (χ1) is 11.9. The van der Waals surface area contributed by atoms with Gasteiger partial charge in [-0.2, -0.15) is 13.2 Å². The predicted molar refractivity (Wildman–Crippen MR) is 92.7 cm³/mol. The summed E-state index contributed by atoms with van der Waals surface area (Å²) >= 11 is 0. The van der Waals surface area contributed by atoms with Crippen LogP contribution in [0.5, 0.6) is 5.75 Å². The van der Waals surface area contributed by atoms with Crippen molar-refractivity contribution < 1.29 is 17.9 Å². The Morgan fingerprint density at radius 2 is 1.72 bits per heavy atom. The molecular weight excluding hydrogens is 329 g/mol. The van der Waals surface area contributed by atoms with Gasteiger partial charge in [0, 0.05) is 24.5 Å². The summed E-state index contributed by atoms with van der Waals surface area (Å²) in [5.74, 6) is 0.727. The number of nitrogens with zero attached hydrogens (tertiary/aromatic N) is 1. The Morgan fingerprint density at radius 3 is 2.36 bits per heavy atom. The van der Waals surface area contributed by atoms with Crippen LogP contribution in [0.3, 0.4) is 0 Å². The number of hydrogen-bond donors (Lipinski definition) is 1. The van der Waals surface area contributed by atoms with Crippen LogP contribution < -0.4 is 15.0 Å². The number of anilines is 2. The van der Waals surface area contributed by atoms with E-state index in [1.54, 1.807) is 30.3 Å². The number of para-hydroxylation sites is 1. The van der Waals surface area contributed by atoms with Crippen molar-refractivity contribution in [2.75, 3.05) is 23.3 Å². The molecule has 0 aromatic heterocycles. The first-order valence-corrected chi connectivity index (χ1v) is 8.08. The molecule has 0 atom stereocenters. The van der Waals surface area contributed by atoms with Gasteiger partial charge in [0.05, 0.1) is 5.56 Å². The minimum Gasteiger partial charge on any atom is -0.442 e. The number of rotatable bonds is 5. The first kappa shape index (κ1) is 17.2. The van der Waals surface area contributed by atoms with E-state index in [0.29, 0.717) is 17.1 Å². The Bertz CT molecular complexity index is 738. The van der Waals surface area contributed by atoms with Crippen molar-refractivity contribution in [2.24, 2.45) is 0 Å². The van der Waals surface area contributed by atoms with Crippen LogP contribution in [0.4, 0.5) is 24.5 Å². The maximum Gasteiger partial charge on any atom is 0.416 e. The van der Waals surface area contributed by atoms with Crippen LogP contribution in [0.2, 0.25) is 0 Å². The van der Waals surface area contributed by atoms with Gasteiger partial charge in [-0.15, -0.1) is 0 Å². The zero-order valence-electron chi connectivity index (χ0n) is 13.6. The van der Waals surface area contributed by atoms with Gasteiger partial charge >= 0.3 is 6.18 Å². The molecule has 0 spiro atoms. The molecule has 6 heteroatoms. The average Bonchev–Trinajstić information content (AvgIpc) is 3.09. The van der Waals surface area contributed by atoms with E-state index in [2.05, 4.69) is 11.9 Å². The lowest BCUT2D eigenvalue weighted by Gasteiger charge is -2.21. The molecule has 2 aromatic rings. The zero-order valence-corrected chi connectivity index (χ0v) is 13.6. The summed E-state index contributed by atoms with van der Waals surface area (Å²) in [5.41, 5.74) is 0.173. The molecule has 1 fully saturated rings. The highest BCUT2D eigenvalue weighted by Gasteiger charge is 2.32. The summed E-state index contributed by atoms with van der Waals surface area (Å²) in [4.78, 5) is 1.96. The number of nitrogens with one attached hydrogen (secondary N) is 1. The van der Waals surface area contributed by atoms with E-state index >= 15 is 0 Å². The summed E-state index contributed by atoms with van der Waals surface area (Å²) in [6.07, 6.45) is -2.43. The maximum absolute atomic E-state index is 13.2. The van der Waals surface area contributed by atoms with Gasteiger partial charge in [0.15, 0.2) is 5.88 Å². The van der Waals surface area contributed by atoms with Gasteiger partial charge < -0.3 is 15.0 Å². The van der Waals surface area contributed by atoms with E-state index in [1.165, 1.54) is 6.07 Å². The quantitative estimate of drug-likeness (QED) is 0.745. The summed E-state index contributed by atoms with van der Waals surface area (Å²) < 4.78 is 45.2. The predicted octanol–water partition coefficient (Wildman–Crippen LogP) is 5.27. The largest absolute Gasteiger partial charge is 0.442 e. The third kappa shape index (κ3) is 4.47. The van der Waals surface area contributed by atoms with Crippen molar-refractivity contribution >= 4 is 11.4 Å². The fourth-order valence-corrected chi connectivity index (χ4v) is 2.82. The second-order valence-electron chi connectivity index (χ2n) is 5.92. The highest BCUT2D eigenvalue weighted by Crippen LogP contribution is 2.35. The number of ether oxygens (including phenoxy) is 1. The van der Waals surface area contributed by atoms with E-state index in [0.717, 1.165) is 32.0 Å².